The molecule has 0 spiro atoms. The minimum Gasteiger partial charge on any atom is -0.334 e. The molecule has 0 aromatic heterocycles. The van der Waals surface area contributed by atoms with Crippen LogP contribution in [-0.4, -0.2) is 11.4 Å². The molecule has 0 unspecified atom stereocenters. The zero-order valence-corrected chi connectivity index (χ0v) is 12.2. The molecule has 0 saturated heterocycles. The van der Waals surface area contributed by atoms with Crippen LogP contribution in [0, 0.1) is 11.3 Å². The van der Waals surface area contributed by atoms with Crippen molar-refractivity contribution in [2.75, 3.05) is 0 Å². The molecule has 2 rings (SSSR count). The molecule has 1 aromatic rings. The lowest BCUT2D eigenvalue weighted by atomic mass is 9.85. The Balaban J connectivity index is 2.10. The van der Waals surface area contributed by atoms with Gasteiger partial charge in [-0.05, 0) is 37.1 Å². The smallest absolute Gasteiger partial charge is 0.252 e. The Morgan fingerprint density at radius 3 is 2.20 bits per heavy atom. The zero-order valence-electron chi connectivity index (χ0n) is 11.5. The van der Waals surface area contributed by atoms with Gasteiger partial charge in [0.05, 0.1) is 6.07 Å². The first kappa shape index (κ1) is 14.9. The molecule has 4 heteroatoms. The van der Waals surface area contributed by atoms with Gasteiger partial charge in [-0.25, -0.2) is 0 Å². The van der Waals surface area contributed by atoms with Crippen molar-refractivity contribution in [3.63, 3.8) is 0 Å². The molecule has 1 saturated carbocycles. The SMILES string of the molecule is N#CC1(NC(=O)c2ccc(Cl)cc2)CCCCCCC1. The molecule has 0 radical (unpaired) electrons. The number of rotatable bonds is 2. The first-order valence-electron chi connectivity index (χ1n) is 7.15. The summed E-state index contributed by atoms with van der Waals surface area (Å²) in [6.45, 7) is 0. The maximum atomic E-state index is 12.3. The van der Waals surface area contributed by atoms with Crippen molar-refractivity contribution in [1.29, 1.82) is 5.26 Å². The molecule has 1 aliphatic carbocycles. The van der Waals surface area contributed by atoms with Gasteiger partial charge < -0.3 is 5.32 Å². The van der Waals surface area contributed by atoms with Crippen LogP contribution >= 0.6 is 11.6 Å². The fourth-order valence-electron chi connectivity index (χ4n) is 2.66. The maximum Gasteiger partial charge on any atom is 0.252 e. The molecule has 0 aliphatic heterocycles. The summed E-state index contributed by atoms with van der Waals surface area (Å²) >= 11 is 5.82. The van der Waals surface area contributed by atoms with E-state index in [9.17, 15) is 10.1 Å². The van der Waals surface area contributed by atoms with Gasteiger partial charge in [-0.15, -0.1) is 0 Å². The lowest BCUT2D eigenvalue weighted by Crippen LogP contribution is -2.47. The van der Waals surface area contributed by atoms with E-state index in [1.807, 2.05) is 0 Å². The van der Waals surface area contributed by atoms with Crippen LogP contribution in [-0.2, 0) is 0 Å². The quantitative estimate of drug-likeness (QED) is 0.892. The average Bonchev–Trinajstić information content (AvgIpc) is 2.43. The molecule has 106 valence electrons. The van der Waals surface area contributed by atoms with Crippen molar-refractivity contribution < 1.29 is 4.79 Å². The summed E-state index contributed by atoms with van der Waals surface area (Å²) in [4.78, 5) is 12.3. The van der Waals surface area contributed by atoms with Gasteiger partial charge in [0, 0.05) is 10.6 Å². The molecule has 0 atom stereocenters. The molecule has 1 amide bonds. The number of carbonyl (C=O) groups excluding carboxylic acids is 1. The number of amides is 1. The fourth-order valence-corrected chi connectivity index (χ4v) is 2.79. The number of nitriles is 1. The molecule has 1 N–H and O–H groups in total. The van der Waals surface area contributed by atoms with Crippen molar-refractivity contribution in [2.24, 2.45) is 0 Å². The largest absolute Gasteiger partial charge is 0.334 e. The fraction of sp³-hybridized carbons (Fsp3) is 0.500. The number of halogens is 1. The Morgan fingerprint density at radius 1 is 1.10 bits per heavy atom. The molecule has 1 aromatic carbocycles. The number of nitrogens with one attached hydrogen (secondary N) is 1. The Morgan fingerprint density at radius 2 is 1.65 bits per heavy atom. The van der Waals surface area contributed by atoms with Gasteiger partial charge in [0.1, 0.15) is 5.54 Å². The minimum atomic E-state index is -0.711. The van der Waals surface area contributed by atoms with Crippen LogP contribution in [0.15, 0.2) is 24.3 Å². The van der Waals surface area contributed by atoms with Gasteiger partial charge in [-0.1, -0.05) is 43.7 Å². The molecular weight excluding hydrogens is 272 g/mol. The molecular formula is C16H19ClN2O. The number of benzene rings is 1. The average molecular weight is 291 g/mol. The summed E-state index contributed by atoms with van der Waals surface area (Å²) in [6, 6.07) is 9.09. The summed E-state index contributed by atoms with van der Waals surface area (Å²) in [5.41, 5.74) is -0.164. The monoisotopic (exact) mass is 290 g/mol. The van der Waals surface area contributed by atoms with E-state index >= 15 is 0 Å². The summed E-state index contributed by atoms with van der Waals surface area (Å²) in [5.74, 6) is -0.191. The highest BCUT2D eigenvalue weighted by atomic mass is 35.5. The van der Waals surface area contributed by atoms with E-state index in [0.717, 1.165) is 38.5 Å². The second-order valence-electron chi connectivity index (χ2n) is 5.42. The van der Waals surface area contributed by atoms with Crippen LogP contribution in [0.4, 0.5) is 0 Å². The third-order valence-corrected chi connectivity index (χ3v) is 4.13. The van der Waals surface area contributed by atoms with E-state index < -0.39 is 5.54 Å². The molecule has 3 nitrogen and oxygen atoms in total. The predicted molar refractivity (Wildman–Crippen MR) is 79.6 cm³/mol. The topological polar surface area (TPSA) is 52.9 Å². The summed E-state index contributed by atoms with van der Waals surface area (Å²) < 4.78 is 0. The third-order valence-electron chi connectivity index (χ3n) is 3.88. The summed E-state index contributed by atoms with van der Waals surface area (Å²) in [7, 11) is 0. The van der Waals surface area contributed by atoms with Crippen LogP contribution in [0.25, 0.3) is 0 Å². The van der Waals surface area contributed by atoms with Gasteiger partial charge in [0.25, 0.3) is 5.91 Å². The van der Waals surface area contributed by atoms with Gasteiger partial charge >= 0.3 is 0 Å². The highest BCUT2D eigenvalue weighted by molar-refractivity contribution is 6.30. The van der Waals surface area contributed by atoms with Crippen LogP contribution in [0.2, 0.25) is 5.02 Å². The van der Waals surface area contributed by atoms with Gasteiger partial charge in [0.2, 0.25) is 0 Å². The minimum absolute atomic E-state index is 0.191. The third kappa shape index (κ3) is 3.74. The number of carbonyl (C=O) groups is 1. The highest BCUT2D eigenvalue weighted by Gasteiger charge is 2.32. The highest BCUT2D eigenvalue weighted by Crippen LogP contribution is 2.26. The van der Waals surface area contributed by atoms with Gasteiger partial charge in [-0.3, -0.25) is 4.79 Å². The van der Waals surface area contributed by atoms with Crippen molar-refractivity contribution in [2.45, 2.75) is 50.5 Å². The second kappa shape index (κ2) is 6.76. The molecule has 0 heterocycles. The van der Waals surface area contributed by atoms with Crippen LogP contribution in [0.1, 0.15) is 55.3 Å². The van der Waals surface area contributed by atoms with E-state index in [4.69, 9.17) is 11.6 Å². The van der Waals surface area contributed by atoms with E-state index in [1.165, 1.54) is 6.42 Å². The molecule has 1 aliphatic rings. The van der Waals surface area contributed by atoms with E-state index in [-0.39, 0.29) is 5.91 Å². The van der Waals surface area contributed by atoms with E-state index in [1.54, 1.807) is 24.3 Å². The molecule has 1 fully saturated rings. The zero-order chi connectivity index (χ0) is 14.4. The Hall–Kier alpha value is -1.53. The lowest BCUT2D eigenvalue weighted by Gasteiger charge is -2.29. The van der Waals surface area contributed by atoms with Gasteiger partial charge in [-0.2, -0.15) is 5.26 Å². The summed E-state index contributed by atoms with van der Waals surface area (Å²) in [6.07, 6.45) is 6.97. The summed E-state index contributed by atoms with van der Waals surface area (Å²) in [5, 5.41) is 13.1. The second-order valence-corrected chi connectivity index (χ2v) is 5.86. The van der Waals surface area contributed by atoms with Crippen LogP contribution in [0.3, 0.4) is 0 Å². The Bertz CT molecular complexity index is 496. The lowest BCUT2D eigenvalue weighted by molar-refractivity contribution is 0.0907. The first-order valence-corrected chi connectivity index (χ1v) is 7.52. The van der Waals surface area contributed by atoms with Crippen LogP contribution in [0.5, 0.6) is 0 Å². The molecule has 20 heavy (non-hydrogen) atoms. The van der Waals surface area contributed by atoms with Crippen molar-refractivity contribution in [3.05, 3.63) is 34.9 Å². The number of hydrogen-bond donors (Lipinski definition) is 1. The van der Waals surface area contributed by atoms with Crippen molar-refractivity contribution in [3.8, 4) is 6.07 Å². The van der Waals surface area contributed by atoms with Crippen LogP contribution < -0.4 is 5.32 Å². The normalized spacial score (nSPS) is 18.4. The maximum absolute atomic E-state index is 12.3. The molecule has 0 bridgehead atoms. The standard InChI is InChI=1S/C16H19ClN2O/c17-14-8-6-13(7-9-14)15(20)19-16(12-18)10-4-2-1-3-5-11-16/h6-9H,1-5,10-11H2,(H,19,20). The Labute approximate surface area is 124 Å². The predicted octanol–water partition coefficient (Wildman–Crippen LogP) is 4.08. The van der Waals surface area contributed by atoms with E-state index in [2.05, 4.69) is 11.4 Å². The van der Waals surface area contributed by atoms with E-state index in [0.29, 0.717) is 10.6 Å². The Kier molecular flexibility index (Phi) is 5.03. The van der Waals surface area contributed by atoms with Crippen molar-refractivity contribution in [1.82, 2.24) is 5.32 Å². The first-order chi connectivity index (χ1) is 9.65. The van der Waals surface area contributed by atoms with Gasteiger partial charge in [0.15, 0.2) is 0 Å². The number of hydrogen-bond acceptors (Lipinski definition) is 2. The van der Waals surface area contributed by atoms with Crippen molar-refractivity contribution >= 4 is 17.5 Å². The number of nitrogens with zero attached hydrogens (tertiary/aromatic N) is 1.